The number of hydrogen-bond acceptors (Lipinski definition) is 9. The highest BCUT2D eigenvalue weighted by Crippen LogP contribution is 2.23. The van der Waals surface area contributed by atoms with Crippen molar-refractivity contribution >= 4 is 33.3 Å². The summed E-state index contributed by atoms with van der Waals surface area (Å²) in [6.07, 6.45) is 2.47. The first kappa shape index (κ1) is 30.6. The molecule has 11 nitrogen and oxygen atoms in total. The van der Waals surface area contributed by atoms with Gasteiger partial charge < -0.3 is 10.1 Å². The monoisotopic (exact) mass is 569 g/mol. The lowest BCUT2D eigenvalue weighted by Crippen LogP contribution is -2.36. The van der Waals surface area contributed by atoms with Crippen molar-refractivity contribution in [3.05, 3.63) is 54.1 Å². The molecule has 2 N–H and O–H groups in total. The van der Waals surface area contributed by atoms with Gasteiger partial charge in [-0.25, -0.2) is 8.42 Å². The number of nitrogens with zero attached hydrogens (tertiary/aromatic N) is 3. The number of amides is 2. The van der Waals surface area contributed by atoms with Crippen LogP contribution in [0.2, 0.25) is 0 Å². The zero-order valence-electron chi connectivity index (χ0n) is 22.8. The van der Waals surface area contributed by atoms with E-state index in [1.807, 2.05) is 48.0 Å². The largest absolute Gasteiger partial charge is 0.484 e. The van der Waals surface area contributed by atoms with Gasteiger partial charge in [0.1, 0.15) is 18.1 Å². The van der Waals surface area contributed by atoms with E-state index in [4.69, 9.17) is 4.74 Å². The van der Waals surface area contributed by atoms with Gasteiger partial charge in [0.15, 0.2) is 6.61 Å². The summed E-state index contributed by atoms with van der Waals surface area (Å²) in [4.78, 5) is 35.3. The minimum absolute atomic E-state index is 0.0169. The van der Waals surface area contributed by atoms with Crippen molar-refractivity contribution in [3.8, 4) is 16.9 Å². The van der Waals surface area contributed by atoms with Crippen molar-refractivity contribution < 1.29 is 27.5 Å². The van der Waals surface area contributed by atoms with E-state index in [1.165, 1.54) is 0 Å². The fourth-order valence-electron chi connectivity index (χ4n) is 3.88. The summed E-state index contributed by atoms with van der Waals surface area (Å²) in [5.41, 5.74) is 3.71. The first-order valence-corrected chi connectivity index (χ1v) is 14.9. The lowest BCUT2D eigenvalue weighted by molar-refractivity contribution is -0.121. The van der Waals surface area contributed by atoms with Crippen LogP contribution in [0.3, 0.4) is 0 Å². The fourth-order valence-corrected chi connectivity index (χ4v) is 4.92. The summed E-state index contributed by atoms with van der Waals surface area (Å²) in [6.45, 7) is 3.93. The van der Waals surface area contributed by atoms with Gasteiger partial charge in [0, 0.05) is 18.9 Å². The second-order valence-corrected chi connectivity index (χ2v) is 11.5. The summed E-state index contributed by atoms with van der Waals surface area (Å²) in [7, 11) is -3.89. The molecule has 1 atom stereocenters. The molecule has 0 saturated heterocycles. The molecule has 0 spiro atoms. The Morgan fingerprint density at radius 1 is 0.925 bits per heavy atom. The Morgan fingerprint density at radius 2 is 1.57 bits per heavy atom. The van der Waals surface area contributed by atoms with Gasteiger partial charge in [0.2, 0.25) is 15.9 Å². The van der Waals surface area contributed by atoms with E-state index < -0.39 is 22.5 Å². The zero-order valence-corrected chi connectivity index (χ0v) is 23.6. The smallest absolute Gasteiger partial charge is 0.271 e. The van der Waals surface area contributed by atoms with E-state index in [0.717, 1.165) is 41.7 Å². The fraction of sp³-hybridized carbons (Fsp3) is 0.429. The van der Waals surface area contributed by atoms with E-state index in [1.54, 1.807) is 19.1 Å². The van der Waals surface area contributed by atoms with E-state index in [-0.39, 0.29) is 36.2 Å². The van der Waals surface area contributed by atoms with Gasteiger partial charge in [-0.1, -0.05) is 49.7 Å². The average Bonchev–Trinajstić information content (AvgIpc) is 3.47. The van der Waals surface area contributed by atoms with Crippen molar-refractivity contribution in [2.24, 2.45) is 21.4 Å². The lowest BCUT2D eigenvalue weighted by Gasteiger charge is -2.10. The van der Waals surface area contributed by atoms with E-state index in [0.29, 0.717) is 18.8 Å². The maximum atomic E-state index is 12.2. The molecular weight excluding hydrogens is 534 g/mol. The quantitative estimate of drug-likeness (QED) is 0.294. The van der Waals surface area contributed by atoms with Crippen molar-refractivity contribution in [1.82, 2.24) is 10.0 Å². The molecule has 0 aliphatic carbocycles. The number of unbranched alkanes of at least 4 members (excludes halogenated alkanes) is 1. The molecule has 1 aliphatic rings. The van der Waals surface area contributed by atoms with Crippen LogP contribution in [0.1, 0.15) is 51.5 Å². The van der Waals surface area contributed by atoms with Crippen LogP contribution in [-0.4, -0.2) is 57.2 Å². The van der Waals surface area contributed by atoms with Gasteiger partial charge in [0.25, 0.3) is 5.91 Å². The van der Waals surface area contributed by atoms with E-state index >= 15 is 0 Å². The molecule has 0 unspecified atom stereocenters. The zero-order chi connectivity index (χ0) is 29.0. The molecule has 2 aromatic carbocycles. The Balaban J connectivity index is 1.32. The number of carbonyl (C=O) groups excluding carboxylic acids is 3. The normalized spacial score (nSPS) is 13.4. The van der Waals surface area contributed by atoms with Crippen molar-refractivity contribution in [2.45, 2.75) is 46.0 Å². The standard InChI is InChI=1S/C28H35N5O6S/c1-20(21(2)34)6-3-4-16-29-27(35)7-5-17-40(37,38)32-28(36)19-39-25-14-12-23(13-15-25)22-8-10-24(11-9-22)26-18-30-33-31-26/h8-15,20H,3-7,16-19H2,1-2H3,(H,29,35)(H,32,36)/t20-/m0/s1. The summed E-state index contributed by atoms with van der Waals surface area (Å²) in [5.74, 6) is -0.809. The first-order chi connectivity index (χ1) is 19.1. The average molecular weight is 570 g/mol. The van der Waals surface area contributed by atoms with Crippen LogP contribution in [0.5, 0.6) is 5.75 Å². The van der Waals surface area contributed by atoms with E-state index in [9.17, 15) is 22.8 Å². The Hall–Kier alpha value is -3.93. The topological polar surface area (TPSA) is 156 Å². The molecular formula is C28H35N5O6S. The molecule has 1 aliphatic heterocycles. The summed E-state index contributed by atoms with van der Waals surface area (Å²) in [5, 5.41) is 14.2. The van der Waals surface area contributed by atoms with Gasteiger partial charge >= 0.3 is 0 Å². The third kappa shape index (κ3) is 10.3. The molecule has 12 heteroatoms. The van der Waals surface area contributed by atoms with Crippen molar-refractivity contribution in [1.29, 1.82) is 0 Å². The molecule has 0 saturated carbocycles. The van der Waals surface area contributed by atoms with Crippen LogP contribution in [0.4, 0.5) is 0 Å². The molecule has 214 valence electrons. The Bertz CT molecular complexity index is 1340. The molecule has 0 bridgehead atoms. The summed E-state index contributed by atoms with van der Waals surface area (Å²) in [6, 6.07) is 14.9. The Morgan fingerprint density at radius 3 is 2.20 bits per heavy atom. The molecule has 2 aromatic rings. The Kier molecular flexibility index (Phi) is 11.5. The molecule has 0 fully saturated rings. The number of sulfonamides is 1. The SMILES string of the molecule is CC(=O)[C@@H](C)CCCCNC(=O)CCCS(=O)(=O)NC(=O)COc1ccc(-c2ccc(C3=NN=NC3)cc2)cc1. The van der Waals surface area contributed by atoms with Gasteiger partial charge in [-0.2, -0.15) is 5.11 Å². The predicted octanol–water partition coefficient (Wildman–Crippen LogP) is 3.64. The van der Waals surface area contributed by atoms with Crippen LogP contribution in [-0.2, 0) is 24.4 Å². The number of Topliss-reactive ketones (excluding diaryl/α,β-unsaturated/α-hetero) is 1. The van der Waals surface area contributed by atoms with Crippen LogP contribution in [0.25, 0.3) is 11.1 Å². The van der Waals surface area contributed by atoms with Crippen molar-refractivity contribution in [3.63, 3.8) is 0 Å². The lowest BCUT2D eigenvalue weighted by atomic mass is 10.0. The first-order valence-electron chi connectivity index (χ1n) is 13.2. The maximum absolute atomic E-state index is 12.2. The number of nitrogens with one attached hydrogen (secondary N) is 2. The minimum Gasteiger partial charge on any atom is -0.484 e. The summed E-state index contributed by atoms with van der Waals surface area (Å²) < 4.78 is 31.8. The van der Waals surface area contributed by atoms with Crippen LogP contribution in [0.15, 0.2) is 64.0 Å². The van der Waals surface area contributed by atoms with Gasteiger partial charge in [0.05, 0.1) is 11.5 Å². The maximum Gasteiger partial charge on any atom is 0.271 e. The number of ketones is 1. The third-order valence-electron chi connectivity index (χ3n) is 6.39. The molecule has 0 aromatic heterocycles. The highest BCUT2D eigenvalue weighted by atomic mass is 32.2. The molecule has 2 amide bonds. The van der Waals surface area contributed by atoms with Crippen molar-refractivity contribution in [2.75, 3.05) is 25.4 Å². The number of ether oxygens (including phenoxy) is 1. The second kappa shape index (κ2) is 15.0. The predicted molar refractivity (Wildman–Crippen MR) is 152 cm³/mol. The molecule has 0 radical (unpaired) electrons. The highest BCUT2D eigenvalue weighted by Gasteiger charge is 2.16. The van der Waals surface area contributed by atoms with Crippen LogP contribution < -0.4 is 14.8 Å². The number of benzene rings is 2. The molecule has 1 heterocycles. The second-order valence-electron chi connectivity index (χ2n) is 9.63. The molecule has 40 heavy (non-hydrogen) atoms. The number of hydrogen-bond donors (Lipinski definition) is 2. The minimum atomic E-state index is -3.89. The van der Waals surface area contributed by atoms with Gasteiger partial charge in [-0.15, -0.1) is 5.10 Å². The number of rotatable bonds is 16. The summed E-state index contributed by atoms with van der Waals surface area (Å²) >= 11 is 0. The Labute approximate surface area is 234 Å². The van der Waals surface area contributed by atoms with Gasteiger partial charge in [-0.05, 0) is 60.2 Å². The van der Waals surface area contributed by atoms with Gasteiger partial charge in [-0.3, -0.25) is 19.1 Å². The molecule has 3 rings (SSSR count). The highest BCUT2D eigenvalue weighted by molar-refractivity contribution is 7.90. The number of carbonyl (C=O) groups is 3. The van der Waals surface area contributed by atoms with Crippen LogP contribution in [0, 0.1) is 5.92 Å². The van der Waals surface area contributed by atoms with E-state index in [2.05, 4.69) is 20.8 Å². The third-order valence-corrected chi connectivity index (χ3v) is 7.76. The van der Waals surface area contributed by atoms with Crippen LogP contribution >= 0.6 is 0 Å².